The van der Waals surface area contributed by atoms with E-state index < -0.39 is 42.4 Å². The zero-order chi connectivity index (χ0) is 37.6. The average molecular weight is 730 g/mol. The molecule has 6 atom stereocenters. The second-order valence-electron chi connectivity index (χ2n) is 13.8. The van der Waals surface area contributed by atoms with Crippen molar-refractivity contribution in [2.45, 2.75) is 69.2 Å². The van der Waals surface area contributed by atoms with Gasteiger partial charge in [-0.25, -0.2) is 4.79 Å². The van der Waals surface area contributed by atoms with Crippen LogP contribution in [0.15, 0.2) is 48.5 Å². The predicted octanol–water partition coefficient (Wildman–Crippen LogP) is 5.15. The van der Waals surface area contributed by atoms with Gasteiger partial charge in [-0.3, -0.25) is 9.69 Å². The van der Waals surface area contributed by atoms with Gasteiger partial charge in [-0.15, -0.1) is 0 Å². The Morgan fingerprint density at radius 2 is 1.34 bits per heavy atom. The number of aliphatic carboxylic acids is 1. The Morgan fingerprint density at radius 3 is 1.92 bits per heavy atom. The number of carboxylic acid groups (broad SMARTS) is 1. The van der Waals surface area contributed by atoms with Crippen molar-refractivity contribution in [3.05, 3.63) is 65.2 Å². The highest BCUT2D eigenvalue weighted by molar-refractivity contribution is 6.13. The minimum atomic E-state index is -1.26. The average Bonchev–Trinajstić information content (AvgIpc) is 3.55. The first-order valence-electron chi connectivity index (χ1n) is 17.5. The van der Waals surface area contributed by atoms with Gasteiger partial charge >= 0.3 is 11.9 Å². The van der Waals surface area contributed by atoms with Crippen molar-refractivity contribution >= 4 is 39.6 Å². The molecule has 7 rings (SSSR count). The molecule has 2 heterocycles. The zero-order valence-electron chi connectivity index (χ0n) is 29.9. The quantitative estimate of drug-likeness (QED) is 0.0731. The monoisotopic (exact) mass is 729 g/mol. The molecule has 13 nitrogen and oxygen atoms in total. The van der Waals surface area contributed by atoms with E-state index in [1.807, 2.05) is 24.3 Å². The van der Waals surface area contributed by atoms with Gasteiger partial charge in [0.2, 0.25) is 0 Å². The van der Waals surface area contributed by atoms with E-state index in [-0.39, 0.29) is 30.4 Å². The van der Waals surface area contributed by atoms with Gasteiger partial charge in [-0.2, -0.15) is 0 Å². The molecular formula is C40H43NO12. The molecule has 2 fully saturated rings. The van der Waals surface area contributed by atoms with E-state index in [0.717, 1.165) is 46.0 Å². The Hall–Kier alpha value is -5.24. The van der Waals surface area contributed by atoms with Gasteiger partial charge in [0.1, 0.15) is 18.4 Å². The third-order valence-corrected chi connectivity index (χ3v) is 10.9. The maximum atomic E-state index is 12.8. The number of aliphatic hydroxyl groups is 1. The lowest BCUT2D eigenvalue weighted by molar-refractivity contribution is -0.194. The molecule has 4 aromatic carbocycles. The number of phenolic OH excluding ortho intramolecular Hbond substituents is 2. The van der Waals surface area contributed by atoms with Crippen molar-refractivity contribution in [3.63, 3.8) is 0 Å². The number of rotatable bonds is 10. The fourth-order valence-electron chi connectivity index (χ4n) is 8.19. The number of aliphatic hydroxyl groups excluding tert-OH is 1. The van der Waals surface area contributed by atoms with E-state index in [4.69, 9.17) is 28.4 Å². The fourth-order valence-corrected chi connectivity index (χ4v) is 8.19. The number of carboxylic acids is 1. The SMILES string of the molecule is COc1cc2c3c(c4cc(OC)c(OC)cc4c2cc1OC)CN1C(CCC1OC1CC(C(=O)O)CC(OC(=O)C=Cc2ccc(O)c(O)c2)C1O)C3. The summed E-state index contributed by atoms with van der Waals surface area (Å²) < 4.78 is 35.0. The van der Waals surface area contributed by atoms with Crippen LogP contribution in [0.5, 0.6) is 34.5 Å². The van der Waals surface area contributed by atoms with Crippen molar-refractivity contribution in [1.29, 1.82) is 0 Å². The van der Waals surface area contributed by atoms with Crippen LogP contribution >= 0.6 is 0 Å². The first-order valence-corrected chi connectivity index (χ1v) is 17.5. The summed E-state index contributed by atoms with van der Waals surface area (Å²) in [5.41, 5.74) is 2.72. The number of esters is 1. The Balaban J connectivity index is 1.17. The number of ether oxygens (including phenoxy) is 6. The van der Waals surface area contributed by atoms with E-state index in [9.17, 15) is 30.0 Å². The normalized spacial score (nSPS) is 24.2. The van der Waals surface area contributed by atoms with Crippen molar-refractivity contribution in [1.82, 2.24) is 4.90 Å². The molecule has 13 heteroatoms. The maximum absolute atomic E-state index is 12.8. The van der Waals surface area contributed by atoms with Crippen LogP contribution in [0.25, 0.3) is 27.6 Å². The van der Waals surface area contributed by atoms with E-state index in [1.165, 1.54) is 29.8 Å². The van der Waals surface area contributed by atoms with Crippen LogP contribution in [-0.2, 0) is 32.0 Å². The summed E-state index contributed by atoms with van der Waals surface area (Å²) in [6.07, 6.45) is 1.000. The third kappa shape index (κ3) is 6.76. The molecule has 2 aliphatic heterocycles. The van der Waals surface area contributed by atoms with Crippen LogP contribution in [-0.4, -0.2) is 96.3 Å². The molecule has 0 bridgehead atoms. The molecule has 53 heavy (non-hydrogen) atoms. The van der Waals surface area contributed by atoms with Gasteiger partial charge in [-0.1, -0.05) is 6.07 Å². The van der Waals surface area contributed by atoms with Crippen molar-refractivity contribution < 1.29 is 58.4 Å². The van der Waals surface area contributed by atoms with E-state index in [2.05, 4.69) is 4.90 Å². The van der Waals surface area contributed by atoms with Crippen LogP contribution in [0, 0.1) is 5.92 Å². The standard InChI is InChI=1S/C40H43NO12/c1-48-31-15-24-23-14-22-7-9-37(41(22)19-28(23)27-18-34(51-4)33(50-3)17-26(27)25(24)16-32(31)49-2)52-35-12-21(40(46)47)13-36(39(35)45)53-38(44)10-6-20-5-8-29(42)30(43)11-20/h5-6,8,10-11,15-18,21-22,35-37,39,42-43,45H,7,9,12-14,19H2,1-4H3,(H,46,47). The highest BCUT2D eigenvalue weighted by Gasteiger charge is 2.46. The topological polar surface area (TPSA) is 174 Å². The smallest absolute Gasteiger partial charge is 0.331 e. The number of phenols is 2. The van der Waals surface area contributed by atoms with E-state index >= 15 is 0 Å². The Kier molecular flexibility index (Phi) is 9.99. The molecule has 0 radical (unpaired) electrons. The molecule has 0 amide bonds. The van der Waals surface area contributed by atoms with Crippen LogP contribution in [0.4, 0.5) is 0 Å². The molecule has 1 saturated carbocycles. The number of aromatic hydroxyl groups is 2. The van der Waals surface area contributed by atoms with Crippen molar-refractivity contribution in [3.8, 4) is 34.5 Å². The second-order valence-corrected chi connectivity index (χ2v) is 13.8. The number of carbonyl (C=O) groups is 2. The number of nitrogens with zero attached hydrogens (tertiary/aromatic N) is 1. The summed E-state index contributed by atoms with van der Waals surface area (Å²) in [5.74, 6) is -0.963. The van der Waals surface area contributed by atoms with Crippen LogP contribution in [0.1, 0.15) is 42.4 Å². The Bertz CT molecular complexity index is 2100. The second kappa shape index (κ2) is 14.6. The van der Waals surface area contributed by atoms with Crippen LogP contribution in [0.2, 0.25) is 0 Å². The number of methoxy groups -OCH3 is 4. The molecule has 4 aromatic rings. The number of hydrogen-bond donors (Lipinski definition) is 4. The Labute approximate surface area is 305 Å². The molecule has 0 aromatic heterocycles. The highest BCUT2D eigenvalue weighted by atomic mass is 16.6. The van der Waals surface area contributed by atoms with E-state index in [0.29, 0.717) is 41.5 Å². The number of hydrogen-bond acceptors (Lipinski definition) is 12. The predicted molar refractivity (Wildman–Crippen MR) is 194 cm³/mol. The largest absolute Gasteiger partial charge is 0.504 e. The van der Waals surface area contributed by atoms with Crippen LogP contribution < -0.4 is 18.9 Å². The lowest BCUT2D eigenvalue weighted by Crippen LogP contribution is -2.52. The van der Waals surface area contributed by atoms with Gasteiger partial charge in [0.05, 0.1) is 40.5 Å². The summed E-state index contributed by atoms with van der Waals surface area (Å²) in [6.45, 7) is 0.530. The maximum Gasteiger partial charge on any atom is 0.331 e. The molecule has 4 N–H and O–H groups in total. The minimum absolute atomic E-state index is 0.0605. The lowest BCUT2D eigenvalue weighted by Gasteiger charge is -2.41. The van der Waals surface area contributed by atoms with Crippen molar-refractivity contribution in [2.75, 3.05) is 28.4 Å². The van der Waals surface area contributed by atoms with Gasteiger partial charge in [0.25, 0.3) is 0 Å². The Morgan fingerprint density at radius 1 is 0.755 bits per heavy atom. The molecule has 1 aliphatic carbocycles. The van der Waals surface area contributed by atoms with Gasteiger partial charge in [0, 0.05) is 25.1 Å². The van der Waals surface area contributed by atoms with E-state index in [1.54, 1.807) is 28.4 Å². The molecule has 3 aliphatic rings. The molecule has 6 unspecified atom stereocenters. The first kappa shape index (κ1) is 36.1. The molecule has 280 valence electrons. The minimum Gasteiger partial charge on any atom is -0.504 e. The molecular weight excluding hydrogens is 686 g/mol. The summed E-state index contributed by atoms with van der Waals surface area (Å²) in [7, 11) is 6.44. The van der Waals surface area contributed by atoms with Gasteiger partial charge < -0.3 is 48.8 Å². The highest BCUT2D eigenvalue weighted by Crippen LogP contribution is 2.47. The number of benzene rings is 4. The zero-order valence-corrected chi connectivity index (χ0v) is 29.9. The number of carbonyl (C=O) groups excluding carboxylic acids is 1. The van der Waals surface area contributed by atoms with Gasteiger partial charge in [0.15, 0.2) is 34.5 Å². The summed E-state index contributed by atoms with van der Waals surface area (Å²) in [5, 5.41) is 44.8. The van der Waals surface area contributed by atoms with Crippen molar-refractivity contribution in [2.24, 2.45) is 5.92 Å². The number of fused-ring (bicyclic) bond motifs is 7. The summed E-state index contributed by atoms with van der Waals surface area (Å²) in [4.78, 5) is 27.3. The first-order chi connectivity index (χ1) is 25.5. The third-order valence-electron chi connectivity index (χ3n) is 10.9. The lowest BCUT2D eigenvalue weighted by atomic mass is 9.83. The van der Waals surface area contributed by atoms with Gasteiger partial charge in [-0.05, 0) is 106 Å². The summed E-state index contributed by atoms with van der Waals surface area (Å²) in [6, 6.07) is 12.2. The van der Waals surface area contributed by atoms with Crippen LogP contribution in [0.3, 0.4) is 0 Å². The fraction of sp³-hybridized carbons (Fsp3) is 0.400. The summed E-state index contributed by atoms with van der Waals surface area (Å²) >= 11 is 0. The molecule has 0 spiro atoms. The molecule has 1 saturated heterocycles.